The molecule has 1 aromatic carbocycles. The number of para-hydroxylation sites is 1. The fourth-order valence-corrected chi connectivity index (χ4v) is 3.74. The Morgan fingerprint density at radius 2 is 2.15 bits per heavy atom. The molecule has 0 bridgehead atoms. The summed E-state index contributed by atoms with van der Waals surface area (Å²) in [5.41, 5.74) is 6.73. The van der Waals surface area contributed by atoms with Crippen LogP contribution in [0, 0.1) is 6.92 Å². The quantitative estimate of drug-likeness (QED) is 0.649. The van der Waals surface area contributed by atoms with E-state index in [9.17, 15) is 4.79 Å². The zero-order valence-corrected chi connectivity index (χ0v) is 15.9. The van der Waals surface area contributed by atoms with Crippen LogP contribution in [-0.4, -0.2) is 44.7 Å². The monoisotopic (exact) mass is 366 g/mol. The first-order valence-corrected chi connectivity index (χ1v) is 9.60. The highest BCUT2D eigenvalue weighted by Crippen LogP contribution is 2.22. The van der Waals surface area contributed by atoms with Crippen LogP contribution < -0.4 is 5.32 Å². The third kappa shape index (κ3) is 3.67. The third-order valence-corrected chi connectivity index (χ3v) is 5.28. The lowest BCUT2D eigenvalue weighted by Gasteiger charge is -2.18. The number of nitrogens with one attached hydrogen (secondary N) is 3. The molecule has 0 atom stereocenters. The van der Waals surface area contributed by atoms with Gasteiger partial charge in [-0.2, -0.15) is 5.10 Å². The number of carbonyl (C=O) groups is 1. The standard InChI is InChI=1S/C20H26N6O/c1-13-6-5-9-16-19(13)23-18(22-16)10-11-21-20(27)26(2)12-17-14-7-3-4-8-15(14)24-25-17/h5-6,9H,3-4,7-8,10-12H2,1-2H3,(H,21,27)(H,22,23)(H,24,25). The van der Waals surface area contributed by atoms with Gasteiger partial charge in [-0.3, -0.25) is 5.10 Å². The van der Waals surface area contributed by atoms with Crippen LogP contribution in [-0.2, 0) is 25.8 Å². The van der Waals surface area contributed by atoms with Crippen LogP contribution in [0.15, 0.2) is 18.2 Å². The summed E-state index contributed by atoms with van der Waals surface area (Å²) in [4.78, 5) is 22.0. The van der Waals surface area contributed by atoms with Gasteiger partial charge in [0.1, 0.15) is 5.82 Å². The molecule has 0 saturated carbocycles. The summed E-state index contributed by atoms with van der Waals surface area (Å²) in [6.45, 7) is 3.12. The molecule has 27 heavy (non-hydrogen) atoms. The summed E-state index contributed by atoms with van der Waals surface area (Å²) in [7, 11) is 1.81. The molecule has 0 fully saturated rings. The van der Waals surface area contributed by atoms with Crippen molar-refractivity contribution >= 4 is 17.1 Å². The Labute approximate surface area is 158 Å². The van der Waals surface area contributed by atoms with Gasteiger partial charge in [-0.15, -0.1) is 0 Å². The van der Waals surface area contributed by atoms with Gasteiger partial charge in [-0.1, -0.05) is 12.1 Å². The lowest BCUT2D eigenvalue weighted by Crippen LogP contribution is -2.38. The Balaban J connectivity index is 1.31. The topological polar surface area (TPSA) is 89.7 Å². The Morgan fingerprint density at radius 3 is 3.00 bits per heavy atom. The second-order valence-corrected chi connectivity index (χ2v) is 7.33. The second-order valence-electron chi connectivity index (χ2n) is 7.33. The molecule has 3 N–H and O–H groups in total. The number of aromatic amines is 2. The van der Waals surface area contributed by atoms with Crippen molar-refractivity contribution in [3.63, 3.8) is 0 Å². The van der Waals surface area contributed by atoms with Gasteiger partial charge < -0.3 is 15.2 Å². The van der Waals surface area contributed by atoms with Crippen LogP contribution in [0.4, 0.5) is 4.79 Å². The molecule has 3 aromatic rings. The van der Waals surface area contributed by atoms with Crippen LogP contribution in [0.5, 0.6) is 0 Å². The van der Waals surface area contributed by atoms with Crippen molar-refractivity contribution < 1.29 is 4.79 Å². The number of aromatic nitrogens is 4. The number of imidazole rings is 1. The van der Waals surface area contributed by atoms with Crippen molar-refractivity contribution in [2.45, 2.75) is 45.6 Å². The molecule has 0 spiro atoms. The molecule has 4 rings (SSSR count). The number of benzene rings is 1. The number of carbonyl (C=O) groups excluding carboxylic acids is 1. The third-order valence-electron chi connectivity index (χ3n) is 5.28. The normalized spacial score (nSPS) is 13.6. The van der Waals surface area contributed by atoms with Crippen LogP contribution >= 0.6 is 0 Å². The van der Waals surface area contributed by atoms with Crippen molar-refractivity contribution in [2.75, 3.05) is 13.6 Å². The molecular weight excluding hydrogens is 340 g/mol. The molecule has 0 aliphatic heterocycles. The van der Waals surface area contributed by atoms with Crippen molar-refractivity contribution in [2.24, 2.45) is 0 Å². The number of amides is 2. The van der Waals surface area contributed by atoms with Gasteiger partial charge in [0.25, 0.3) is 0 Å². The van der Waals surface area contributed by atoms with E-state index < -0.39 is 0 Å². The average Bonchev–Trinajstić information content (AvgIpc) is 3.27. The molecule has 1 aliphatic rings. The zero-order chi connectivity index (χ0) is 18.8. The lowest BCUT2D eigenvalue weighted by molar-refractivity contribution is 0.206. The fourth-order valence-electron chi connectivity index (χ4n) is 3.74. The zero-order valence-electron chi connectivity index (χ0n) is 15.9. The van der Waals surface area contributed by atoms with Crippen LogP contribution in [0.1, 0.15) is 41.2 Å². The minimum atomic E-state index is -0.0881. The van der Waals surface area contributed by atoms with E-state index in [-0.39, 0.29) is 6.03 Å². The van der Waals surface area contributed by atoms with E-state index in [4.69, 9.17) is 0 Å². The maximum Gasteiger partial charge on any atom is 0.317 e. The molecular formula is C20H26N6O. The summed E-state index contributed by atoms with van der Waals surface area (Å²) >= 11 is 0. The molecule has 0 saturated heterocycles. The van der Waals surface area contributed by atoms with E-state index in [1.165, 1.54) is 24.1 Å². The summed E-state index contributed by atoms with van der Waals surface area (Å²) in [6, 6.07) is 6.01. The van der Waals surface area contributed by atoms with Crippen molar-refractivity contribution in [1.29, 1.82) is 0 Å². The number of hydrogen-bond donors (Lipinski definition) is 3. The van der Waals surface area contributed by atoms with E-state index in [1.54, 1.807) is 4.90 Å². The van der Waals surface area contributed by atoms with E-state index >= 15 is 0 Å². The van der Waals surface area contributed by atoms with E-state index in [1.807, 2.05) is 19.2 Å². The minimum Gasteiger partial charge on any atom is -0.342 e. The Bertz CT molecular complexity index is 957. The predicted molar refractivity (Wildman–Crippen MR) is 105 cm³/mol. The van der Waals surface area contributed by atoms with Gasteiger partial charge in [0.05, 0.1) is 23.3 Å². The first-order valence-electron chi connectivity index (χ1n) is 9.60. The van der Waals surface area contributed by atoms with Gasteiger partial charge in [0.2, 0.25) is 0 Å². The average molecular weight is 366 g/mol. The van der Waals surface area contributed by atoms with Crippen LogP contribution in [0.3, 0.4) is 0 Å². The maximum atomic E-state index is 12.4. The van der Waals surface area contributed by atoms with Gasteiger partial charge in [0, 0.05) is 25.7 Å². The second kappa shape index (κ2) is 7.42. The maximum absolute atomic E-state index is 12.4. The first-order chi connectivity index (χ1) is 13.1. The highest BCUT2D eigenvalue weighted by Gasteiger charge is 2.19. The van der Waals surface area contributed by atoms with E-state index in [2.05, 4.69) is 38.5 Å². The van der Waals surface area contributed by atoms with Gasteiger partial charge in [0.15, 0.2) is 0 Å². The van der Waals surface area contributed by atoms with Gasteiger partial charge in [-0.05, 0) is 49.8 Å². The number of rotatable bonds is 5. The van der Waals surface area contributed by atoms with E-state index in [0.29, 0.717) is 19.5 Å². The molecule has 0 radical (unpaired) electrons. The molecule has 1 aliphatic carbocycles. The van der Waals surface area contributed by atoms with Crippen molar-refractivity contribution in [1.82, 2.24) is 30.4 Å². The van der Waals surface area contributed by atoms with Crippen LogP contribution in [0.2, 0.25) is 0 Å². The number of aryl methyl sites for hydroxylation is 2. The molecule has 142 valence electrons. The highest BCUT2D eigenvalue weighted by atomic mass is 16.2. The largest absolute Gasteiger partial charge is 0.342 e. The van der Waals surface area contributed by atoms with Gasteiger partial charge >= 0.3 is 6.03 Å². The number of fused-ring (bicyclic) bond motifs is 2. The molecule has 2 heterocycles. The predicted octanol–water partition coefficient (Wildman–Crippen LogP) is 2.86. The minimum absolute atomic E-state index is 0.0881. The first kappa shape index (κ1) is 17.6. The molecule has 2 aromatic heterocycles. The van der Waals surface area contributed by atoms with E-state index in [0.717, 1.165) is 41.0 Å². The summed E-state index contributed by atoms with van der Waals surface area (Å²) in [5, 5.41) is 10.5. The fraction of sp³-hybridized carbons (Fsp3) is 0.450. The highest BCUT2D eigenvalue weighted by molar-refractivity contribution is 5.78. The Hall–Kier alpha value is -2.83. The summed E-state index contributed by atoms with van der Waals surface area (Å²) in [5.74, 6) is 0.892. The number of nitrogens with zero attached hydrogens (tertiary/aromatic N) is 3. The summed E-state index contributed by atoms with van der Waals surface area (Å²) in [6.07, 6.45) is 5.21. The molecule has 2 amide bonds. The molecule has 7 nitrogen and oxygen atoms in total. The number of H-pyrrole nitrogens is 2. The molecule has 0 unspecified atom stereocenters. The number of hydrogen-bond acceptors (Lipinski definition) is 3. The number of urea groups is 1. The Kier molecular flexibility index (Phi) is 4.83. The smallest absolute Gasteiger partial charge is 0.317 e. The van der Waals surface area contributed by atoms with Crippen LogP contribution in [0.25, 0.3) is 11.0 Å². The SMILES string of the molecule is Cc1cccc2[nH]c(CCNC(=O)N(C)Cc3n[nH]c4c3CCCC4)nc12. The van der Waals surface area contributed by atoms with Crippen molar-refractivity contribution in [3.05, 3.63) is 46.5 Å². The van der Waals surface area contributed by atoms with Crippen molar-refractivity contribution in [3.8, 4) is 0 Å². The molecule has 7 heteroatoms. The Morgan fingerprint density at radius 1 is 1.30 bits per heavy atom. The lowest BCUT2D eigenvalue weighted by atomic mass is 9.96. The summed E-state index contributed by atoms with van der Waals surface area (Å²) < 4.78 is 0. The van der Waals surface area contributed by atoms with Gasteiger partial charge in [-0.25, -0.2) is 9.78 Å².